The van der Waals surface area contributed by atoms with Crippen LogP contribution in [0.15, 0.2) is 41.3 Å². The molecule has 4 aromatic rings. The van der Waals surface area contributed by atoms with E-state index in [1.165, 1.54) is 10.8 Å². The van der Waals surface area contributed by atoms with Gasteiger partial charge in [0.25, 0.3) is 5.56 Å². The predicted molar refractivity (Wildman–Crippen MR) is 130 cm³/mol. The van der Waals surface area contributed by atoms with Gasteiger partial charge in [0.15, 0.2) is 5.82 Å². The Kier molecular flexibility index (Phi) is 4.95. The Morgan fingerprint density at radius 1 is 1.15 bits per heavy atom. The number of pyridine rings is 1. The molecule has 34 heavy (non-hydrogen) atoms. The van der Waals surface area contributed by atoms with Crippen molar-refractivity contribution in [3.63, 3.8) is 0 Å². The molecule has 5 rings (SSSR count). The van der Waals surface area contributed by atoms with Gasteiger partial charge in [-0.25, -0.2) is 9.97 Å². The van der Waals surface area contributed by atoms with Crippen LogP contribution in [-0.4, -0.2) is 31.0 Å². The summed E-state index contributed by atoms with van der Waals surface area (Å²) in [6, 6.07) is 10.5. The largest absolute Gasteiger partial charge is 0.384 e. The number of anilines is 4. The van der Waals surface area contributed by atoms with Gasteiger partial charge in [-0.2, -0.15) is 15.2 Å². The Balaban J connectivity index is 1.65. The third-order valence-electron chi connectivity index (χ3n) is 5.86. The van der Waals surface area contributed by atoms with Gasteiger partial charge >= 0.3 is 0 Å². The summed E-state index contributed by atoms with van der Waals surface area (Å²) in [6.07, 6.45) is 3.02. The molecule has 7 N–H and O–H groups in total. The molecule has 1 fully saturated rings. The molecule has 1 aromatic carbocycles. The molecule has 0 spiro atoms. The van der Waals surface area contributed by atoms with Gasteiger partial charge in [-0.3, -0.25) is 9.36 Å². The van der Waals surface area contributed by atoms with Crippen molar-refractivity contribution in [2.24, 2.45) is 0 Å². The van der Waals surface area contributed by atoms with Gasteiger partial charge < -0.3 is 22.5 Å². The lowest BCUT2D eigenvalue weighted by Gasteiger charge is -2.22. The maximum absolute atomic E-state index is 13.7. The van der Waals surface area contributed by atoms with Crippen molar-refractivity contribution in [1.29, 1.82) is 5.26 Å². The fourth-order valence-electron chi connectivity index (χ4n) is 3.93. The molecule has 1 aliphatic rings. The number of benzene rings is 1. The van der Waals surface area contributed by atoms with Crippen LogP contribution in [0.4, 0.5) is 23.4 Å². The summed E-state index contributed by atoms with van der Waals surface area (Å²) in [5.41, 5.74) is 17.6. The topological polar surface area (TPSA) is 187 Å². The summed E-state index contributed by atoms with van der Waals surface area (Å²) in [5, 5.41) is 13.3. The number of hydrogen-bond donors (Lipinski definition) is 4. The maximum atomic E-state index is 13.7. The molecule has 0 unspecified atom stereocenters. The maximum Gasteiger partial charge on any atom is 0.267 e. The van der Waals surface area contributed by atoms with Crippen LogP contribution in [0.5, 0.6) is 0 Å². The molecule has 1 aliphatic carbocycles. The molecule has 3 aromatic heterocycles. The van der Waals surface area contributed by atoms with E-state index in [1.54, 1.807) is 30.3 Å². The number of nitrogens with zero attached hydrogens (tertiary/aromatic N) is 6. The first-order valence-electron chi connectivity index (χ1n) is 10.3. The molecular formula is C22H19ClN10O. The molecule has 170 valence electrons. The lowest BCUT2D eigenvalue weighted by atomic mass is 10.0. The van der Waals surface area contributed by atoms with Gasteiger partial charge in [0.1, 0.15) is 29.1 Å². The second kappa shape index (κ2) is 7.86. The third-order valence-corrected chi connectivity index (χ3v) is 6.18. The molecule has 0 radical (unpaired) electrons. The number of aromatic nitrogens is 5. The number of fused-ring (bicyclic) bond motifs is 1. The monoisotopic (exact) mass is 474 g/mol. The lowest BCUT2D eigenvalue weighted by Crippen LogP contribution is -2.32. The van der Waals surface area contributed by atoms with Gasteiger partial charge in [0.05, 0.1) is 27.8 Å². The summed E-state index contributed by atoms with van der Waals surface area (Å²) in [6.45, 7) is 0.332. The van der Waals surface area contributed by atoms with E-state index in [2.05, 4.69) is 20.3 Å². The van der Waals surface area contributed by atoms with Gasteiger partial charge in [-0.1, -0.05) is 17.7 Å². The first-order chi connectivity index (χ1) is 16.3. The number of nitrogen functional groups attached to an aromatic ring is 3. The van der Waals surface area contributed by atoms with Crippen molar-refractivity contribution in [2.45, 2.75) is 18.3 Å². The molecule has 0 saturated heterocycles. The van der Waals surface area contributed by atoms with E-state index in [-0.39, 0.29) is 28.7 Å². The number of nitriles is 1. The van der Waals surface area contributed by atoms with Crippen molar-refractivity contribution >= 4 is 45.9 Å². The average Bonchev–Trinajstić information content (AvgIpc) is 3.59. The van der Waals surface area contributed by atoms with Crippen LogP contribution < -0.4 is 28.1 Å². The minimum atomic E-state index is -0.516. The Bertz CT molecular complexity index is 1540. The Morgan fingerprint density at radius 3 is 2.62 bits per heavy atom. The van der Waals surface area contributed by atoms with Gasteiger partial charge in [-0.15, -0.1) is 0 Å². The minimum absolute atomic E-state index is 0.00863. The van der Waals surface area contributed by atoms with E-state index in [4.69, 9.17) is 33.8 Å². The molecule has 1 saturated carbocycles. The van der Waals surface area contributed by atoms with E-state index >= 15 is 0 Å². The van der Waals surface area contributed by atoms with Gasteiger partial charge in [0, 0.05) is 12.0 Å². The molecule has 0 bridgehead atoms. The molecule has 3 heterocycles. The summed E-state index contributed by atoms with van der Waals surface area (Å²) in [5.74, 6) is 1.04. The summed E-state index contributed by atoms with van der Waals surface area (Å²) in [7, 11) is 0. The number of rotatable bonds is 5. The molecule has 0 aliphatic heterocycles. The summed E-state index contributed by atoms with van der Waals surface area (Å²) >= 11 is 6.36. The number of nitrogens with two attached hydrogens (primary N) is 3. The summed E-state index contributed by atoms with van der Waals surface area (Å²) in [4.78, 5) is 30.6. The van der Waals surface area contributed by atoms with Crippen LogP contribution in [-0.2, 0) is 5.41 Å². The Morgan fingerprint density at radius 2 is 1.94 bits per heavy atom. The van der Waals surface area contributed by atoms with E-state index < -0.39 is 5.41 Å². The first-order valence-corrected chi connectivity index (χ1v) is 10.7. The van der Waals surface area contributed by atoms with Crippen LogP contribution in [0.1, 0.15) is 24.2 Å². The molecule has 11 nitrogen and oxygen atoms in total. The Labute approximate surface area is 198 Å². The second-order valence-electron chi connectivity index (χ2n) is 8.09. The van der Waals surface area contributed by atoms with Crippen molar-refractivity contribution in [1.82, 2.24) is 24.5 Å². The highest BCUT2D eigenvalue weighted by atomic mass is 35.5. The summed E-state index contributed by atoms with van der Waals surface area (Å²) < 4.78 is 1.52. The van der Waals surface area contributed by atoms with E-state index in [0.717, 1.165) is 12.8 Å². The highest BCUT2D eigenvalue weighted by molar-refractivity contribution is 6.35. The zero-order valence-electron chi connectivity index (χ0n) is 17.8. The zero-order valence-corrected chi connectivity index (χ0v) is 18.5. The van der Waals surface area contributed by atoms with Gasteiger partial charge in [0.2, 0.25) is 5.95 Å². The lowest BCUT2D eigenvalue weighted by molar-refractivity contribution is 0.636. The second-order valence-corrected chi connectivity index (χ2v) is 8.49. The fraction of sp³-hybridized carbons (Fsp3) is 0.182. The predicted octanol–water partition coefficient (Wildman–Crippen LogP) is 1.99. The van der Waals surface area contributed by atoms with E-state index in [9.17, 15) is 10.1 Å². The molecule has 0 amide bonds. The van der Waals surface area contributed by atoms with Crippen LogP contribution >= 0.6 is 11.6 Å². The fourth-order valence-corrected chi connectivity index (χ4v) is 4.18. The normalized spacial score (nSPS) is 14.0. The number of halogens is 1. The van der Waals surface area contributed by atoms with Crippen LogP contribution in [0.3, 0.4) is 0 Å². The average molecular weight is 475 g/mol. The molecule has 12 heteroatoms. The van der Waals surface area contributed by atoms with Crippen molar-refractivity contribution in [3.8, 4) is 11.8 Å². The smallest absolute Gasteiger partial charge is 0.267 e. The number of hydrogen-bond acceptors (Lipinski definition) is 10. The van der Waals surface area contributed by atoms with Crippen molar-refractivity contribution in [3.05, 3.63) is 63.3 Å². The van der Waals surface area contributed by atoms with Crippen LogP contribution in [0.25, 0.3) is 16.6 Å². The standard InChI is InChI=1S/C22H19ClN10O/c23-13-2-1-3-14-16(13)19(34)33(11-4-5-15(25)28-9-11)20(30-14)22(6-7-22)10-29-18-12(8-24)17(26)31-21(27)32-18/h1-5,9H,6-7,10H2,(H2,25,28)(H5,26,27,29,31,32). The third kappa shape index (κ3) is 3.50. The van der Waals surface area contributed by atoms with Crippen LogP contribution in [0, 0.1) is 11.3 Å². The Hall–Kier alpha value is -4.43. The van der Waals surface area contributed by atoms with Crippen LogP contribution in [0.2, 0.25) is 5.02 Å². The van der Waals surface area contributed by atoms with Crippen molar-refractivity contribution in [2.75, 3.05) is 29.1 Å². The highest BCUT2D eigenvalue weighted by Gasteiger charge is 2.48. The quantitative estimate of drug-likeness (QED) is 0.333. The van der Waals surface area contributed by atoms with E-state index in [1.807, 2.05) is 6.07 Å². The SMILES string of the molecule is N#Cc1c(N)nc(N)nc1NCC1(c2nc3cccc(Cl)c3c(=O)n2-c2ccc(N)nc2)CC1. The minimum Gasteiger partial charge on any atom is -0.384 e. The zero-order chi connectivity index (χ0) is 24.0. The molecule has 0 atom stereocenters. The van der Waals surface area contributed by atoms with Crippen molar-refractivity contribution < 1.29 is 0 Å². The highest BCUT2D eigenvalue weighted by Crippen LogP contribution is 2.48. The molecular weight excluding hydrogens is 456 g/mol. The number of nitrogens with one attached hydrogen (secondary N) is 1. The first kappa shape index (κ1) is 21.4. The van der Waals surface area contributed by atoms with E-state index in [0.29, 0.717) is 39.8 Å². The van der Waals surface area contributed by atoms with Gasteiger partial charge in [-0.05, 0) is 37.1 Å².